The highest BCUT2D eigenvalue weighted by molar-refractivity contribution is 5.87. The fourth-order valence-corrected chi connectivity index (χ4v) is 1.67. The molecule has 0 aliphatic carbocycles. The maximum atomic E-state index is 11.7. The summed E-state index contributed by atoms with van der Waals surface area (Å²) in [5.74, 6) is -1.06. The van der Waals surface area contributed by atoms with Crippen LogP contribution in [0.5, 0.6) is 0 Å². The third-order valence-corrected chi connectivity index (χ3v) is 2.46. The Kier molecular flexibility index (Phi) is 3.21. The molecule has 0 amide bonds. The Labute approximate surface area is 94.5 Å². The van der Waals surface area contributed by atoms with Gasteiger partial charge in [0.15, 0.2) is 0 Å². The molecule has 0 aliphatic rings. The summed E-state index contributed by atoms with van der Waals surface area (Å²) in [5, 5.41) is 8.91. The summed E-state index contributed by atoms with van der Waals surface area (Å²) in [6.07, 6.45) is 0. The van der Waals surface area contributed by atoms with Crippen LogP contribution >= 0.6 is 0 Å². The van der Waals surface area contributed by atoms with E-state index < -0.39 is 5.97 Å². The van der Waals surface area contributed by atoms with E-state index in [0.717, 1.165) is 5.69 Å². The molecule has 0 aromatic carbocycles. The van der Waals surface area contributed by atoms with Crippen LogP contribution in [-0.2, 0) is 12.0 Å². The fourth-order valence-electron chi connectivity index (χ4n) is 1.67. The Morgan fingerprint density at radius 2 is 1.94 bits per heavy atom. The molecular weight excluding hydrogens is 206 g/mol. The van der Waals surface area contributed by atoms with Crippen LogP contribution < -0.4 is 5.56 Å². The first-order chi connectivity index (χ1) is 7.27. The Hall–Kier alpha value is -1.58. The van der Waals surface area contributed by atoms with Crippen LogP contribution in [0.15, 0.2) is 16.9 Å². The van der Waals surface area contributed by atoms with Gasteiger partial charge in [-0.1, -0.05) is 20.8 Å². The quantitative estimate of drug-likeness (QED) is 0.832. The standard InChI is InChI=1S/C12H17NO3/c1-5-13-9(12(2,3)4)6-8(11(15)16)7-10(13)14/h6-7H,5H2,1-4H3,(H,15,16). The molecule has 0 fully saturated rings. The Balaban J connectivity index is 3.56. The van der Waals surface area contributed by atoms with Crippen molar-refractivity contribution in [2.75, 3.05) is 0 Å². The van der Waals surface area contributed by atoms with Gasteiger partial charge in [-0.3, -0.25) is 4.79 Å². The van der Waals surface area contributed by atoms with Crippen LogP contribution in [0.1, 0.15) is 43.7 Å². The second-order valence-electron chi connectivity index (χ2n) is 4.77. The average molecular weight is 223 g/mol. The van der Waals surface area contributed by atoms with E-state index in [1.807, 2.05) is 27.7 Å². The number of carboxylic acid groups (broad SMARTS) is 1. The van der Waals surface area contributed by atoms with Gasteiger partial charge in [-0.25, -0.2) is 4.79 Å². The number of aromatic carboxylic acids is 1. The van der Waals surface area contributed by atoms with Crippen molar-refractivity contribution < 1.29 is 9.90 Å². The van der Waals surface area contributed by atoms with E-state index in [9.17, 15) is 9.59 Å². The molecule has 4 nitrogen and oxygen atoms in total. The number of rotatable bonds is 2. The van der Waals surface area contributed by atoms with Crippen molar-refractivity contribution in [1.29, 1.82) is 0 Å². The Morgan fingerprint density at radius 3 is 2.31 bits per heavy atom. The molecule has 4 heteroatoms. The van der Waals surface area contributed by atoms with E-state index in [4.69, 9.17) is 5.11 Å². The molecule has 0 atom stereocenters. The summed E-state index contributed by atoms with van der Waals surface area (Å²) in [6, 6.07) is 2.74. The zero-order chi connectivity index (χ0) is 12.5. The lowest BCUT2D eigenvalue weighted by molar-refractivity contribution is 0.0696. The van der Waals surface area contributed by atoms with Crippen molar-refractivity contribution >= 4 is 5.97 Å². The van der Waals surface area contributed by atoms with Crippen molar-refractivity contribution in [3.8, 4) is 0 Å². The SMILES string of the molecule is CCn1c(C(C)(C)C)cc(C(=O)O)cc1=O. The van der Waals surface area contributed by atoms with Gasteiger partial charge in [0, 0.05) is 23.7 Å². The number of carboxylic acids is 1. The number of aromatic nitrogens is 1. The molecular formula is C12H17NO3. The van der Waals surface area contributed by atoms with Crippen molar-refractivity contribution in [3.05, 3.63) is 33.7 Å². The molecule has 1 N–H and O–H groups in total. The highest BCUT2D eigenvalue weighted by Gasteiger charge is 2.20. The average Bonchev–Trinajstić information content (AvgIpc) is 2.14. The van der Waals surface area contributed by atoms with Crippen LogP contribution in [0.3, 0.4) is 0 Å². The molecule has 1 heterocycles. The monoisotopic (exact) mass is 223 g/mol. The molecule has 16 heavy (non-hydrogen) atoms. The van der Waals surface area contributed by atoms with E-state index >= 15 is 0 Å². The lowest BCUT2D eigenvalue weighted by Crippen LogP contribution is -2.30. The Morgan fingerprint density at radius 1 is 1.38 bits per heavy atom. The number of hydrogen-bond acceptors (Lipinski definition) is 2. The number of nitrogens with zero attached hydrogens (tertiary/aromatic N) is 1. The molecule has 1 aromatic heterocycles. The minimum absolute atomic E-state index is 0.0552. The molecule has 0 radical (unpaired) electrons. The van der Waals surface area contributed by atoms with E-state index in [-0.39, 0.29) is 16.5 Å². The molecule has 1 aromatic rings. The molecule has 0 spiro atoms. The van der Waals surface area contributed by atoms with Crippen LogP contribution in [0.25, 0.3) is 0 Å². The van der Waals surface area contributed by atoms with E-state index in [1.54, 1.807) is 10.6 Å². The topological polar surface area (TPSA) is 59.3 Å². The normalized spacial score (nSPS) is 11.5. The Bertz CT molecular complexity index is 466. The third kappa shape index (κ3) is 2.32. The molecule has 0 unspecified atom stereocenters. The number of pyridine rings is 1. The highest BCUT2D eigenvalue weighted by Crippen LogP contribution is 2.21. The van der Waals surface area contributed by atoms with Gasteiger partial charge in [-0.05, 0) is 13.0 Å². The van der Waals surface area contributed by atoms with E-state index in [0.29, 0.717) is 6.54 Å². The predicted octanol–water partition coefficient (Wildman–Crippen LogP) is 1.86. The zero-order valence-corrected chi connectivity index (χ0v) is 10.1. The third-order valence-electron chi connectivity index (χ3n) is 2.46. The minimum Gasteiger partial charge on any atom is -0.478 e. The van der Waals surface area contributed by atoms with Gasteiger partial charge in [0.05, 0.1) is 5.56 Å². The van der Waals surface area contributed by atoms with Crippen LogP contribution in [0.2, 0.25) is 0 Å². The van der Waals surface area contributed by atoms with Crippen molar-refractivity contribution in [2.45, 2.75) is 39.7 Å². The number of carbonyl (C=O) groups is 1. The first kappa shape index (κ1) is 12.5. The van der Waals surface area contributed by atoms with E-state index in [2.05, 4.69) is 0 Å². The molecule has 0 aliphatic heterocycles. The van der Waals surface area contributed by atoms with Gasteiger partial charge in [0.2, 0.25) is 0 Å². The smallest absolute Gasteiger partial charge is 0.335 e. The van der Waals surface area contributed by atoms with Crippen molar-refractivity contribution in [2.24, 2.45) is 0 Å². The van der Waals surface area contributed by atoms with Gasteiger partial charge < -0.3 is 9.67 Å². The van der Waals surface area contributed by atoms with Gasteiger partial charge in [0.25, 0.3) is 5.56 Å². The van der Waals surface area contributed by atoms with Crippen LogP contribution in [0, 0.1) is 0 Å². The first-order valence-corrected chi connectivity index (χ1v) is 5.26. The first-order valence-electron chi connectivity index (χ1n) is 5.26. The number of hydrogen-bond donors (Lipinski definition) is 1. The molecule has 0 saturated carbocycles. The largest absolute Gasteiger partial charge is 0.478 e. The molecule has 88 valence electrons. The zero-order valence-electron chi connectivity index (χ0n) is 10.1. The van der Waals surface area contributed by atoms with Crippen molar-refractivity contribution in [1.82, 2.24) is 4.57 Å². The van der Waals surface area contributed by atoms with E-state index in [1.165, 1.54) is 6.07 Å². The summed E-state index contributed by atoms with van der Waals surface area (Å²) in [6.45, 7) is 8.29. The van der Waals surface area contributed by atoms with Gasteiger partial charge >= 0.3 is 5.97 Å². The fraction of sp³-hybridized carbons (Fsp3) is 0.500. The van der Waals surface area contributed by atoms with Crippen LogP contribution in [-0.4, -0.2) is 15.6 Å². The van der Waals surface area contributed by atoms with Crippen molar-refractivity contribution in [3.63, 3.8) is 0 Å². The summed E-state index contributed by atoms with van der Waals surface area (Å²) in [5.41, 5.74) is 0.299. The molecule has 1 rings (SSSR count). The maximum absolute atomic E-state index is 11.7. The second kappa shape index (κ2) is 4.12. The summed E-state index contributed by atoms with van der Waals surface area (Å²) in [7, 11) is 0. The lowest BCUT2D eigenvalue weighted by atomic mass is 9.90. The summed E-state index contributed by atoms with van der Waals surface area (Å²) < 4.78 is 1.60. The van der Waals surface area contributed by atoms with Gasteiger partial charge in [-0.2, -0.15) is 0 Å². The maximum Gasteiger partial charge on any atom is 0.335 e. The summed E-state index contributed by atoms with van der Waals surface area (Å²) >= 11 is 0. The van der Waals surface area contributed by atoms with Gasteiger partial charge in [0.1, 0.15) is 0 Å². The second-order valence-corrected chi connectivity index (χ2v) is 4.77. The highest BCUT2D eigenvalue weighted by atomic mass is 16.4. The van der Waals surface area contributed by atoms with Crippen LogP contribution in [0.4, 0.5) is 0 Å². The molecule has 0 bridgehead atoms. The predicted molar refractivity (Wildman–Crippen MR) is 62.0 cm³/mol. The minimum atomic E-state index is -1.06. The summed E-state index contributed by atoms with van der Waals surface area (Å²) in [4.78, 5) is 22.6. The van der Waals surface area contributed by atoms with Gasteiger partial charge in [-0.15, -0.1) is 0 Å². The molecule has 0 saturated heterocycles. The lowest BCUT2D eigenvalue weighted by Gasteiger charge is -2.23.